The van der Waals surface area contributed by atoms with Crippen LogP contribution in [0.25, 0.3) is 0 Å². The van der Waals surface area contributed by atoms with Gasteiger partial charge in [0.1, 0.15) is 5.82 Å². The summed E-state index contributed by atoms with van der Waals surface area (Å²) in [6, 6.07) is 3.15. The van der Waals surface area contributed by atoms with Gasteiger partial charge in [0, 0.05) is 23.1 Å². The second-order valence-corrected chi connectivity index (χ2v) is 4.10. The second-order valence-electron chi connectivity index (χ2n) is 2.84. The van der Waals surface area contributed by atoms with Gasteiger partial charge in [-0.25, -0.2) is 4.39 Å². The Morgan fingerprint density at radius 3 is 2.77 bits per heavy atom. The summed E-state index contributed by atoms with van der Waals surface area (Å²) in [5, 5.41) is 9.24. The lowest BCUT2D eigenvalue weighted by Gasteiger charge is -2.12. The highest BCUT2D eigenvalue weighted by Gasteiger charge is 2.16. The van der Waals surface area contributed by atoms with E-state index >= 15 is 0 Å². The number of aliphatic hydroxyl groups is 1. The average Bonchev–Trinajstić information content (AvgIpc) is 2.12. The van der Waals surface area contributed by atoms with Gasteiger partial charge >= 0.3 is 0 Å². The van der Waals surface area contributed by atoms with Crippen molar-refractivity contribution >= 4 is 27.5 Å². The van der Waals surface area contributed by atoms with E-state index in [0.29, 0.717) is 15.1 Å². The summed E-state index contributed by atoms with van der Waals surface area (Å²) in [7, 11) is 0. The Morgan fingerprint density at radius 2 is 2.23 bits per heavy atom. The topological polar surface area (TPSA) is 20.2 Å². The first-order valence-electron chi connectivity index (χ1n) is 3.82. The highest BCUT2D eigenvalue weighted by molar-refractivity contribution is 9.10. The van der Waals surface area contributed by atoms with Gasteiger partial charge in [-0.2, -0.15) is 0 Å². The summed E-state index contributed by atoms with van der Waals surface area (Å²) in [4.78, 5) is 0. The third kappa shape index (κ3) is 2.22. The van der Waals surface area contributed by atoms with Gasteiger partial charge in [0.25, 0.3) is 0 Å². The molecule has 1 unspecified atom stereocenters. The third-order valence-electron chi connectivity index (χ3n) is 1.85. The second kappa shape index (κ2) is 4.40. The summed E-state index contributed by atoms with van der Waals surface area (Å²) < 4.78 is 13.8. The van der Waals surface area contributed by atoms with E-state index in [1.165, 1.54) is 0 Å². The molecule has 0 bridgehead atoms. The van der Waals surface area contributed by atoms with Crippen LogP contribution in [0.3, 0.4) is 0 Å². The first-order chi connectivity index (χ1) is 6.07. The Labute approximate surface area is 89.7 Å². The van der Waals surface area contributed by atoms with Crippen LogP contribution in [-0.2, 0) is 0 Å². The Kier molecular flexibility index (Phi) is 3.71. The molecule has 0 radical (unpaired) electrons. The molecule has 0 amide bonds. The van der Waals surface area contributed by atoms with Gasteiger partial charge < -0.3 is 5.11 Å². The van der Waals surface area contributed by atoms with Gasteiger partial charge in [-0.15, -0.1) is 0 Å². The Bertz CT molecular complexity index is 317. The van der Waals surface area contributed by atoms with E-state index in [-0.39, 0.29) is 12.5 Å². The minimum absolute atomic E-state index is 0.118. The molecule has 1 atom stereocenters. The lowest BCUT2D eigenvalue weighted by atomic mass is 10.0. The predicted octanol–water partition coefficient (Wildman–Crippen LogP) is 3.34. The Morgan fingerprint density at radius 1 is 1.62 bits per heavy atom. The molecule has 0 aromatic heterocycles. The molecule has 0 fully saturated rings. The lowest BCUT2D eigenvalue weighted by molar-refractivity contribution is 0.270. The summed E-state index contributed by atoms with van der Waals surface area (Å²) in [6.07, 6.45) is 0. The molecule has 0 spiro atoms. The van der Waals surface area contributed by atoms with Gasteiger partial charge in [0.2, 0.25) is 0 Å². The van der Waals surface area contributed by atoms with Crippen LogP contribution in [0.2, 0.25) is 5.02 Å². The van der Waals surface area contributed by atoms with E-state index in [4.69, 9.17) is 16.7 Å². The van der Waals surface area contributed by atoms with Crippen LogP contribution >= 0.6 is 27.5 Å². The smallest absolute Gasteiger partial charge is 0.142 e. The van der Waals surface area contributed by atoms with Gasteiger partial charge in [0.05, 0.1) is 4.47 Å². The molecule has 72 valence electrons. The predicted molar refractivity (Wildman–Crippen MR) is 54.6 cm³/mol. The van der Waals surface area contributed by atoms with Crippen LogP contribution in [0.5, 0.6) is 0 Å². The van der Waals surface area contributed by atoms with Crippen LogP contribution in [0, 0.1) is 5.82 Å². The number of hydrogen-bond donors (Lipinski definition) is 1. The first-order valence-corrected chi connectivity index (χ1v) is 4.99. The van der Waals surface area contributed by atoms with Crippen molar-refractivity contribution in [1.29, 1.82) is 0 Å². The SMILES string of the molecule is CC(CO)c1c(Cl)ccc(Br)c1F. The van der Waals surface area contributed by atoms with Crippen LogP contribution in [0.15, 0.2) is 16.6 Å². The van der Waals surface area contributed by atoms with E-state index < -0.39 is 5.82 Å². The zero-order valence-electron chi connectivity index (χ0n) is 7.02. The van der Waals surface area contributed by atoms with E-state index in [1.54, 1.807) is 19.1 Å². The highest BCUT2D eigenvalue weighted by Crippen LogP contribution is 2.31. The maximum Gasteiger partial charge on any atom is 0.142 e. The van der Waals surface area contributed by atoms with Crippen molar-refractivity contribution in [3.63, 3.8) is 0 Å². The molecule has 0 heterocycles. The number of halogens is 3. The normalized spacial score (nSPS) is 13.0. The molecule has 13 heavy (non-hydrogen) atoms. The third-order valence-corrected chi connectivity index (χ3v) is 2.79. The Hall–Kier alpha value is -0.120. The van der Waals surface area contributed by atoms with E-state index in [9.17, 15) is 4.39 Å². The molecule has 1 N–H and O–H groups in total. The van der Waals surface area contributed by atoms with Crippen LogP contribution < -0.4 is 0 Å². The number of hydrogen-bond acceptors (Lipinski definition) is 1. The lowest BCUT2D eigenvalue weighted by Crippen LogP contribution is -2.03. The zero-order chi connectivity index (χ0) is 10.0. The number of rotatable bonds is 2. The zero-order valence-corrected chi connectivity index (χ0v) is 9.36. The summed E-state index contributed by atoms with van der Waals surface area (Å²) >= 11 is 8.87. The van der Waals surface area contributed by atoms with Crippen molar-refractivity contribution in [3.05, 3.63) is 33.0 Å². The fourth-order valence-electron chi connectivity index (χ4n) is 1.09. The van der Waals surface area contributed by atoms with Crippen molar-refractivity contribution in [1.82, 2.24) is 0 Å². The minimum Gasteiger partial charge on any atom is -0.396 e. The molecule has 0 saturated carbocycles. The monoisotopic (exact) mass is 266 g/mol. The van der Waals surface area contributed by atoms with Gasteiger partial charge in [-0.3, -0.25) is 0 Å². The molecular weight excluding hydrogens is 258 g/mol. The van der Waals surface area contributed by atoms with E-state index in [2.05, 4.69) is 15.9 Å². The van der Waals surface area contributed by atoms with Crippen molar-refractivity contribution < 1.29 is 9.50 Å². The quantitative estimate of drug-likeness (QED) is 0.815. The molecule has 1 aromatic carbocycles. The van der Waals surface area contributed by atoms with Gasteiger partial charge in [-0.1, -0.05) is 18.5 Å². The molecule has 0 saturated heterocycles. The van der Waals surface area contributed by atoms with Crippen molar-refractivity contribution in [2.45, 2.75) is 12.8 Å². The van der Waals surface area contributed by atoms with E-state index in [1.807, 2.05) is 0 Å². The fraction of sp³-hybridized carbons (Fsp3) is 0.333. The van der Waals surface area contributed by atoms with Crippen molar-refractivity contribution in [2.75, 3.05) is 6.61 Å². The van der Waals surface area contributed by atoms with Crippen LogP contribution in [-0.4, -0.2) is 11.7 Å². The summed E-state index contributed by atoms with van der Waals surface area (Å²) in [5.41, 5.74) is 0.360. The fourth-order valence-corrected chi connectivity index (χ4v) is 1.76. The van der Waals surface area contributed by atoms with Crippen LogP contribution in [0.1, 0.15) is 18.4 Å². The molecule has 1 rings (SSSR count). The average molecular weight is 268 g/mol. The molecule has 4 heteroatoms. The minimum atomic E-state index is -0.394. The molecule has 0 aliphatic rings. The summed E-state index contributed by atoms with van der Waals surface area (Å²) in [6.45, 7) is 1.60. The van der Waals surface area contributed by atoms with Crippen molar-refractivity contribution in [2.24, 2.45) is 0 Å². The number of aliphatic hydroxyl groups excluding tert-OH is 1. The summed E-state index contributed by atoms with van der Waals surface area (Å²) in [5.74, 6) is -0.681. The maximum atomic E-state index is 13.5. The maximum absolute atomic E-state index is 13.5. The van der Waals surface area contributed by atoms with Gasteiger partial charge in [-0.05, 0) is 28.1 Å². The molecule has 0 aliphatic carbocycles. The molecule has 0 aliphatic heterocycles. The molecule has 1 aromatic rings. The highest BCUT2D eigenvalue weighted by atomic mass is 79.9. The standard InChI is InChI=1S/C9H9BrClFO/c1-5(4-13)8-7(11)3-2-6(10)9(8)12/h2-3,5,13H,4H2,1H3. The van der Waals surface area contributed by atoms with Gasteiger partial charge in [0.15, 0.2) is 0 Å². The first kappa shape index (κ1) is 11.0. The number of benzene rings is 1. The van der Waals surface area contributed by atoms with E-state index in [0.717, 1.165) is 0 Å². The molecular formula is C9H9BrClFO. The Balaban J connectivity index is 3.25. The van der Waals surface area contributed by atoms with Crippen molar-refractivity contribution in [3.8, 4) is 0 Å². The molecule has 1 nitrogen and oxygen atoms in total. The largest absolute Gasteiger partial charge is 0.396 e. The van der Waals surface area contributed by atoms with Crippen LogP contribution in [0.4, 0.5) is 4.39 Å².